The van der Waals surface area contributed by atoms with Crippen LogP contribution in [0.3, 0.4) is 0 Å². The minimum absolute atomic E-state index is 0.00928. The molecule has 0 saturated carbocycles. The lowest BCUT2D eigenvalue weighted by atomic mass is 10.00. The topological polar surface area (TPSA) is 127 Å². The first kappa shape index (κ1) is 30.0. The van der Waals surface area contributed by atoms with Crippen molar-refractivity contribution in [1.29, 1.82) is 0 Å². The molecule has 0 aliphatic rings. The van der Waals surface area contributed by atoms with E-state index in [-0.39, 0.29) is 28.9 Å². The van der Waals surface area contributed by atoms with Gasteiger partial charge in [0.05, 0.1) is 35.1 Å². The molecule has 0 spiro atoms. The molecule has 2 heterocycles. The van der Waals surface area contributed by atoms with Crippen molar-refractivity contribution in [1.82, 2.24) is 19.4 Å². The van der Waals surface area contributed by atoms with Crippen molar-refractivity contribution >= 4 is 34.8 Å². The Hall–Kier alpha value is -3.96. The number of anilines is 1. The van der Waals surface area contributed by atoms with Gasteiger partial charge in [0.1, 0.15) is 5.56 Å². The Morgan fingerprint density at radius 1 is 1.02 bits per heavy atom. The van der Waals surface area contributed by atoms with Gasteiger partial charge in [-0.3, -0.25) is 14.2 Å². The van der Waals surface area contributed by atoms with E-state index in [2.05, 4.69) is 15.6 Å². The Balaban J connectivity index is 1.68. The minimum Gasteiger partial charge on any atom is -0.481 e. The number of halogens is 2. The second kappa shape index (κ2) is 12.7. The van der Waals surface area contributed by atoms with Crippen LogP contribution in [0.1, 0.15) is 22.8 Å². The molecule has 4 rings (SSSR count). The fraction of sp³-hybridized carbons (Fsp3) is 0.241. The summed E-state index contributed by atoms with van der Waals surface area (Å²) in [6.45, 7) is 2.35. The molecule has 2 aromatic carbocycles. The summed E-state index contributed by atoms with van der Waals surface area (Å²) >= 11 is 13.6. The molecule has 41 heavy (non-hydrogen) atoms. The zero-order valence-electron chi connectivity index (χ0n) is 22.9. The smallest absolute Gasteiger partial charge is 0.330 e. The van der Waals surface area contributed by atoms with Gasteiger partial charge < -0.3 is 25.0 Å². The van der Waals surface area contributed by atoms with Crippen LogP contribution in [0.2, 0.25) is 10.0 Å². The maximum absolute atomic E-state index is 13.0. The number of aromatic nitrogens is 3. The molecule has 10 nitrogen and oxygen atoms in total. The van der Waals surface area contributed by atoms with E-state index in [1.165, 1.54) is 27.4 Å². The van der Waals surface area contributed by atoms with E-state index < -0.39 is 17.2 Å². The third-order valence-corrected chi connectivity index (χ3v) is 7.36. The highest BCUT2D eigenvalue weighted by Gasteiger charge is 2.20. The highest BCUT2D eigenvalue weighted by molar-refractivity contribution is 6.39. The van der Waals surface area contributed by atoms with Crippen LogP contribution in [0.25, 0.3) is 22.4 Å². The molecular weight excluding hydrogens is 569 g/mol. The molecule has 214 valence electrons. The number of hydrogen-bond acceptors (Lipinski definition) is 7. The molecule has 3 N–H and O–H groups in total. The van der Waals surface area contributed by atoms with Crippen molar-refractivity contribution in [2.24, 2.45) is 14.1 Å². The number of nitrogens with zero attached hydrogens (tertiary/aromatic N) is 3. The van der Waals surface area contributed by atoms with Crippen LogP contribution in [-0.4, -0.2) is 44.9 Å². The third kappa shape index (κ3) is 6.20. The van der Waals surface area contributed by atoms with E-state index in [9.17, 15) is 19.5 Å². The van der Waals surface area contributed by atoms with Gasteiger partial charge in [-0.25, -0.2) is 9.78 Å². The summed E-state index contributed by atoms with van der Waals surface area (Å²) in [6.07, 6.45) is 1.19. The van der Waals surface area contributed by atoms with E-state index in [1.54, 1.807) is 24.3 Å². The Morgan fingerprint density at radius 3 is 2.37 bits per heavy atom. The molecular formula is C29H29Cl2N5O5. The molecule has 0 bridgehead atoms. The predicted molar refractivity (Wildman–Crippen MR) is 160 cm³/mol. The summed E-state index contributed by atoms with van der Waals surface area (Å²) in [6, 6.07) is 14.1. The van der Waals surface area contributed by atoms with Crippen molar-refractivity contribution in [2.45, 2.75) is 19.5 Å². The van der Waals surface area contributed by atoms with E-state index in [0.717, 1.165) is 14.7 Å². The number of carbonyl (C=O) groups is 1. The summed E-state index contributed by atoms with van der Waals surface area (Å²) in [5.41, 5.74) is 1.99. The molecule has 1 unspecified atom stereocenters. The SMILES string of the molecule is COc1nc(-c2cccc(-c3cccc(NC(=O)c4cn(C)c(=O)n(C)c4=O)c3Cl)c2Cl)ccc1CNC(C)CO. The molecule has 2 aromatic heterocycles. The largest absolute Gasteiger partial charge is 0.481 e. The lowest BCUT2D eigenvalue weighted by molar-refractivity contribution is 0.102. The average molecular weight is 598 g/mol. The number of carbonyl (C=O) groups excluding carboxylic acids is 1. The second-order valence-corrected chi connectivity index (χ2v) is 10.2. The van der Waals surface area contributed by atoms with Gasteiger partial charge in [0.15, 0.2) is 0 Å². The normalized spacial score (nSPS) is 11.8. The lowest BCUT2D eigenvalue weighted by Gasteiger charge is -2.16. The van der Waals surface area contributed by atoms with Gasteiger partial charge in [-0.05, 0) is 19.1 Å². The number of aliphatic hydroxyl groups excluding tert-OH is 1. The van der Waals surface area contributed by atoms with Crippen LogP contribution >= 0.6 is 23.2 Å². The zero-order valence-corrected chi connectivity index (χ0v) is 24.4. The van der Waals surface area contributed by atoms with E-state index in [1.807, 2.05) is 31.2 Å². The van der Waals surface area contributed by atoms with E-state index in [4.69, 9.17) is 27.9 Å². The van der Waals surface area contributed by atoms with Crippen LogP contribution in [0.15, 0.2) is 64.3 Å². The van der Waals surface area contributed by atoms with Crippen molar-refractivity contribution in [2.75, 3.05) is 19.0 Å². The quantitative estimate of drug-likeness (QED) is 0.267. The second-order valence-electron chi connectivity index (χ2n) is 9.42. The third-order valence-electron chi connectivity index (χ3n) is 6.55. The number of methoxy groups -OCH3 is 1. The van der Waals surface area contributed by atoms with Gasteiger partial charge in [0.25, 0.3) is 11.5 Å². The van der Waals surface area contributed by atoms with Crippen molar-refractivity contribution in [3.8, 4) is 28.3 Å². The van der Waals surface area contributed by atoms with Crippen LogP contribution < -0.4 is 26.6 Å². The molecule has 1 amide bonds. The Bertz CT molecular complexity index is 1730. The first-order valence-corrected chi connectivity index (χ1v) is 13.4. The Kier molecular flexibility index (Phi) is 9.29. The van der Waals surface area contributed by atoms with Crippen LogP contribution in [0, 0.1) is 0 Å². The number of benzene rings is 2. The molecule has 0 aliphatic carbocycles. The van der Waals surface area contributed by atoms with Gasteiger partial charge >= 0.3 is 5.69 Å². The molecule has 1 atom stereocenters. The number of aliphatic hydroxyl groups is 1. The number of rotatable bonds is 9. The number of ether oxygens (including phenoxy) is 1. The molecule has 12 heteroatoms. The van der Waals surface area contributed by atoms with Gasteiger partial charge in [-0.1, -0.05) is 59.6 Å². The number of aryl methyl sites for hydroxylation is 1. The fourth-order valence-corrected chi connectivity index (χ4v) is 4.81. The maximum Gasteiger partial charge on any atom is 0.330 e. The van der Waals surface area contributed by atoms with E-state index >= 15 is 0 Å². The summed E-state index contributed by atoms with van der Waals surface area (Å²) in [5, 5.41) is 15.7. The zero-order chi connectivity index (χ0) is 29.8. The van der Waals surface area contributed by atoms with Crippen LogP contribution in [0.4, 0.5) is 5.69 Å². The average Bonchev–Trinajstić information content (AvgIpc) is 2.97. The summed E-state index contributed by atoms with van der Waals surface area (Å²) < 4.78 is 7.52. The maximum atomic E-state index is 13.0. The summed E-state index contributed by atoms with van der Waals surface area (Å²) in [4.78, 5) is 42.1. The number of nitrogens with one attached hydrogen (secondary N) is 2. The van der Waals surface area contributed by atoms with Gasteiger partial charge in [0, 0.05) is 55.1 Å². The number of hydrogen-bond donors (Lipinski definition) is 3. The predicted octanol–water partition coefficient (Wildman–Crippen LogP) is 3.85. The molecule has 0 aliphatic heterocycles. The van der Waals surface area contributed by atoms with Crippen LogP contribution in [0.5, 0.6) is 5.88 Å². The fourth-order valence-electron chi connectivity index (χ4n) is 4.21. The summed E-state index contributed by atoms with van der Waals surface area (Å²) in [7, 11) is 4.29. The van der Waals surface area contributed by atoms with Gasteiger partial charge in [-0.15, -0.1) is 0 Å². The molecule has 0 saturated heterocycles. The van der Waals surface area contributed by atoms with Crippen molar-refractivity contribution in [3.05, 3.63) is 96.7 Å². The highest BCUT2D eigenvalue weighted by atomic mass is 35.5. The van der Waals surface area contributed by atoms with Crippen molar-refractivity contribution in [3.63, 3.8) is 0 Å². The lowest BCUT2D eigenvalue weighted by Crippen LogP contribution is -2.40. The number of pyridine rings is 1. The first-order valence-electron chi connectivity index (χ1n) is 12.6. The minimum atomic E-state index is -0.721. The standard InChI is InChI=1S/C29H29Cl2N5O5/c1-16(15-37)32-13-17-11-12-22(34-27(17)41-4)20-9-5-7-18(24(20)30)19-8-6-10-23(25(19)31)33-26(38)21-14-35(2)29(40)36(3)28(21)39/h5-12,14,16,32,37H,13,15H2,1-4H3,(H,33,38). The monoisotopic (exact) mass is 597 g/mol. The molecule has 0 fully saturated rings. The Morgan fingerprint density at radius 2 is 1.68 bits per heavy atom. The van der Waals surface area contributed by atoms with E-state index in [0.29, 0.717) is 39.8 Å². The van der Waals surface area contributed by atoms with Gasteiger partial charge in [0.2, 0.25) is 5.88 Å². The number of amides is 1. The highest BCUT2D eigenvalue weighted by Crippen LogP contribution is 2.41. The van der Waals surface area contributed by atoms with Crippen molar-refractivity contribution < 1.29 is 14.6 Å². The summed E-state index contributed by atoms with van der Waals surface area (Å²) in [5.74, 6) is -0.284. The Labute approximate surface area is 246 Å². The molecule has 4 aromatic rings. The first-order chi connectivity index (χ1) is 19.6. The molecule has 0 radical (unpaired) electrons. The van der Waals surface area contributed by atoms with Gasteiger partial charge in [-0.2, -0.15) is 0 Å². The van der Waals surface area contributed by atoms with Crippen LogP contribution in [-0.2, 0) is 20.6 Å².